The highest BCUT2D eigenvalue weighted by Crippen LogP contribution is 2.26. The predicted molar refractivity (Wildman–Crippen MR) is 122 cm³/mol. The number of nitrogens with zero attached hydrogens (tertiary/aromatic N) is 2. The van der Waals surface area contributed by atoms with Crippen molar-refractivity contribution in [3.8, 4) is 5.75 Å². The summed E-state index contributed by atoms with van der Waals surface area (Å²) in [5, 5.41) is 6.13. The standard InChI is InChI=1S/C23H30FN5O4/c1-23(2,3)33-22(31)28-15-8-6-14(7-9-15)27-21-26-12-17(20(25)29-21)19(30)16-11-13(24)5-10-18(16)32-4/h5,10-12,14-15H,6-9H2,1-4H3,(H,28,31)(H3,25,26,27,29)/t14-,15-. The van der Waals surface area contributed by atoms with E-state index in [1.807, 2.05) is 20.8 Å². The third-order valence-electron chi connectivity index (χ3n) is 5.25. The molecule has 0 atom stereocenters. The number of alkyl carbamates (subject to hydrolysis) is 1. The van der Waals surface area contributed by atoms with E-state index in [0.717, 1.165) is 31.7 Å². The number of hydrogen-bond donors (Lipinski definition) is 3. The number of aromatic nitrogens is 2. The quantitative estimate of drug-likeness (QED) is 0.558. The van der Waals surface area contributed by atoms with Crippen LogP contribution in [0.2, 0.25) is 0 Å². The van der Waals surface area contributed by atoms with Gasteiger partial charge in [-0.15, -0.1) is 0 Å². The summed E-state index contributed by atoms with van der Waals surface area (Å²) in [6.07, 6.45) is 4.07. The van der Waals surface area contributed by atoms with Gasteiger partial charge in [0.1, 0.15) is 23.0 Å². The molecule has 1 saturated carbocycles. The minimum absolute atomic E-state index is 0.0101. The zero-order chi connectivity index (χ0) is 24.2. The Hall–Kier alpha value is -3.43. The Kier molecular flexibility index (Phi) is 7.35. The van der Waals surface area contributed by atoms with E-state index in [-0.39, 0.29) is 34.8 Å². The molecule has 2 aromatic rings. The molecule has 0 spiro atoms. The molecule has 0 unspecified atom stereocenters. The topological polar surface area (TPSA) is 128 Å². The van der Waals surface area contributed by atoms with Gasteiger partial charge in [-0.05, 0) is 64.7 Å². The van der Waals surface area contributed by atoms with Gasteiger partial charge in [0.05, 0.1) is 18.2 Å². The van der Waals surface area contributed by atoms with E-state index in [2.05, 4.69) is 20.6 Å². The number of ether oxygens (including phenoxy) is 2. The van der Waals surface area contributed by atoms with Crippen LogP contribution in [0.15, 0.2) is 24.4 Å². The van der Waals surface area contributed by atoms with E-state index in [9.17, 15) is 14.0 Å². The van der Waals surface area contributed by atoms with Crippen LogP contribution in [0.4, 0.5) is 21.0 Å². The number of rotatable bonds is 6. The smallest absolute Gasteiger partial charge is 0.407 e. The van der Waals surface area contributed by atoms with E-state index in [1.165, 1.54) is 25.4 Å². The normalized spacial score (nSPS) is 18.3. The highest BCUT2D eigenvalue weighted by Gasteiger charge is 2.26. The number of nitrogens with one attached hydrogen (secondary N) is 2. The van der Waals surface area contributed by atoms with Crippen LogP contribution in [0.3, 0.4) is 0 Å². The number of benzene rings is 1. The average Bonchev–Trinajstić information content (AvgIpc) is 2.73. The Morgan fingerprint density at radius 2 is 1.79 bits per heavy atom. The third kappa shape index (κ3) is 6.53. The van der Waals surface area contributed by atoms with Crippen LogP contribution in [0.5, 0.6) is 5.75 Å². The summed E-state index contributed by atoms with van der Waals surface area (Å²) in [7, 11) is 1.40. The molecule has 1 amide bonds. The van der Waals surface area contributed by atoms with E-state index in [0.29, 0.717) is 5.95 Å². The molecule has 1 aliphatic carbocycles. The van der Waals surface area contributed by atoms with E-state index >= 15 is 0 Å². The first-order chi connectivity index (χ1) is 15.6. The number of ketones is 1. The fourth-order valence-electron chi connectivity index (χ4n) is 3.68. The van der Waals surface area contributed by atoms with E-state index in [4.69, 9.17) is 15.2 Å². The molecule has 1 fully saturated rings. The van der Waals surface area contributed by atoms with Crippen molar-refractivity contribution in [2.45, 2.75) is 64.1 Å². The molecule has 4 N–H and O–H groups in total. The van der Waals surface area contributed by atoms with Crippen LogP contribution in [0, 0.1) is 5.82 Å². The molecule has 3 rings (SSSR count). The molecule has 178 valence electrons. The highest BCUT2D eigenvalue weighted by molar-refractivity contribution is 6.13. The molecule has 33 heavy (non-hydrogen) atoms. The van der Waals surface area contributed by atoms with Gasteiger partial charge in [0.25, 0.3) is 0 Å². The van der Waals surface area contributed by atoms with Crippen molar-refractivity contribution in [1.29, 1.82) is 0 Å². The number of carbonyl (C=O) groups is 2. The number of anilines is 2. The van der Waals surface area contributed by atoms with Gasteiger partial charge >= 0.3 is 6.09 Å². The molecule has 0 aliphatic heterocycles. The number of nitrogens with two attached hydrogens (primary N) is 1. The Bertz CT molecular complexity index is 1020. The molecule has 1 aliphatic rings. The van der Waals surface area contributed by atoms with Crippen LogP contribution in [-0.2, 0) is 4.74 Å². The van der Waals surface area contributed by atoms with Crippen LogP contribution in [0.25, 0.3) is 0 Å². The van der Waals surface area contributed by atoms with Gasteiger partial charge in [0.15, 0.2) is 0 Å². The lowest BCUT2D eigenvalue weighted by atomic mass is 9.91. The van der Waals surface area contributed by atoms with Crippen molar-refractivity contribution in [3.63, 3.8) is 0 Å². The molecule has 1 heterocycles. The van der Waals surface area contributed by atoms with Crippen LogP contribution in [0.1, 0.15) is 62.4 Å². The minimum atomic E-state index is -0.561. The van der Waals surface area contributed by atoms with E-state index in [1.54, 1.807) is 0 Å². The summed E-state index contributed by atoms with van der Waals surface area (Å²) in [6.45, 7) is 5.48. The number of amides is 1. The number of halogens is 1. The first kappa shape index (κ1) is 24.2. The van der Waals surface area contributed by atoms with Crippen LogP contribution >= 0.6 is 0 Å². The van der Waals surface area contributed by atoms with Crippen molar-refractivity contribution in [2.75, 3.05) is 18.2 Å². The lowest BCUT2D eigenvalue weighted by Gasteiger charge is -2.30. The summed E-state index contributed by atoms with van der Waals surface area (Å²) in [4.78, 5) is 33.2. The Labute approximate surface area is 192 Å². The second-order valence-electron chi connectivity index (χ2n) is 9.01. The third-order valence-corrected chi connectivity index (χ3v) is 5.25. The maximum atomic E-state index is 13.6. The number of nitrogen functional groups attached to an aromatic ring is 1. The van der Waals surface area contributed by atoms with Crippen molar-refractivity contribution < 1.29 is 23.5 Å². The molecule has 0 saturated heterocycles. The maximum absolute atomic E-state index is 13.6. The number of methoxy groups -OCH3 is 1. The van der Waals surface area contributed by atoms with Gasteiger partial charge in [-0.1, -0.05) is 0 Å². The first-order valence-corrected chi connectivity index (χ1v) is 10.8. The van der Waals surface area contributed by atoms with Gasteiger partial charge in [0, 0.05) is 18.3 Å². The summed E-state index contributed by atoms with van der Waals surface area (Å²) in [5.41, 5.74) is 5.59. The summed E-state index contributed by atoms with van der Waals surface area (Å²) >= 11 is 0. The average molecular weight is 460 g/mol. The summed E-state index contributed by atoms with van der Waals surface area (Å²) in [6, 6.07) is 3.83. The Balaban J connectivity index is 1.59. The Morgan fingerprint density at radius 1 is 1.12 bits per heavy atom. The second-order valence-corrected chi connectivity index (χ2v) is 9.01. The second kappa shape index (κ2) is 10.0. The maximum Gasteiger partial charge on any atom is 0.407 e. The summed E-state index contributed by atoms with van der Waals surface area (Å²) in [5.74, 6) is -0.555. The highest BCUT2D eigenvalue weighted by atomic mass is 19.1. The summed E-state index contributed by atoms with van der Waals surface area (Å²) < 4.78 is 24.1. The van der Waals surface area contributed by atoms with Crippen molar-refractivity contribution >= 4 is 23.6 Å². The van der Waals surface area contributed by atoms with Crippen molar-refractivity contribution in [3.05, 3.63) is 41.3 Å². The molecule has 9 nitrogen and oxygen atoms in total. The Morgan fingerprint density at radius 3 is 2.39 bits per heavy atom. The monoisotopic (exact) mass is 459 g/mol. The number of carbonyl (C=O) groups excluding carboxylic acids is 2. The molecular weight excluding hydrogens is 429 g/mol. The molecule has 10 heteroatoms. The lowest BCUT2D eigenvalue weighted by molar-refractivity contribution is 0.0492. The molecule has 0 bridgehead atoms. The SMILES string of the molecule is COc1ccc(F)cc1C(=O)c1cnc(N[C@H]2CC[C@H](NC(=O)OC(C)(C)C)CC2)nc1N. The number of hydrogen-bond acceptors (Lipinski definition) is 8. The lowest BCUT2D eigenvalue weighted by Crippen LogP contribution is -2.42. The zero-order valence-electron chi connectivity index (χ0n) is 19.3. The first-order valence-electron chi connectivity index (χ1n) is 10.8. The molecule has 1 aromatic carbocycles. The van der Waals surface area contributed by atoms with Crippen LogP contribution < -0.4 is 21.1 Å². The predicted octanol–water partition coefficient (Wildman–Crippen LogP) is 3.69. The molecular formula is C23H30FN5O4. The zero-order valence-corrected chi connectivity index (χ0v) is 19.3. The van der Waals surface area contributed by atoms with Gasteiger partial charge < -0.3 is 25.8 Å². The van der Waals surface area contributed by atoms with Crippen molar-refractivity contribution in [1.82, 2.24) is 15.3 Å². The van der Waals surface area contributed by atoms with E-state index < -0.39 is 23.3 Å². The van der Waals surface area contributed by atoms with Gasteiger partial charge in [-0.2, -0.15) is 4.98 Å². The van der Waals surface area contributed by atoms with Gasteiger partial charge in [0.2, 0.25) is 11.7 Å². The van der Waals surface area contributed by atoms with Gasteiger partial charge in [-0.25, -0.2) is 14.2 Å². The van der Waals surface area contributed by atoms with Crippen LogP contribution in [-0.4, -0.2) is 46.6 Å². The minimum Gasteiger partial charge on any atom is -0.496 e. The molecule has 1 aromatic heterocycles. The fourth-order valence-corrected chi connectivity index (χ4v) is 3.68. The fraction of sp³-hybridized carbons (Fsp3) is 0.478. The van der Waals surface area contributed by atoms with Gasteiger partial charge in [-0.3, -0.25) is 4.79 Å². The van der Waals surface area contributed by atoms with Crippen molar-refractivity contribution in [2.24, 2.45) is 0 Å². The largest absolute Gasteiger partial charge is 0.496 e. The molecule has 0 radical (unpaired) electrons.